The third kappa shape index (κ3) is 6.12. The Kier molecular flexibility index (Phi) is 7.93. The van der Waals surface area contributed by atoms with Crippen molar-refractivity contribution in [1.82, 2.24) is 21.1 Å². The fraction of sp³-hybridized carbons (Fsp3) is 0.417. The van der Waals surface area contributed by atoms with Gasteiger partial charge in [0.15, 0.2) is 6.29 Å². The molecule has 1 saturated heterocycles. The van der Waals surface area contributed by atoms with Gasteiger partial charge in [0.2, 0.25) is 0 Å². The first-order valence-electron chi connectivity index (χ1n) is 11.0. The number of hydrazine groups is 1. The van der Waals surface area contributed by atoms with E-state index < -0.39 is 23.9 Å². The van der Waals surface area contributed by atoms with Crippen molar-refractivity contribution in [1.29, 1.82) is 0 Å². The number of carbonyl (C=O) groups excluding carboxylic acids is 1. The average Bonchev–Trinajstić information content (AvgIpc) is 3.27. The summed E-state index contributed by atoms with van der Waals surface area (Å²) in [6.07, 6.45) is -4.01. The molecule has 0 bridgehead atoms. The van der Waals surface area contributed by atoms with Crippen LogP contribution in [0.15, 0.2) is 47.5 Å². The number of amidine groups is 1. The van der Waals surface area contributed by atoms with Crippen molar-refractivity contribution in [2.75, 3.05) is 7.05 Å². The summed E-state index contributed by atoms with van der Waals surface area (Å²) in [7, 11) is 1.54. The number of nitrogens with zero attached hydrogens (tertiary/aromatic N) is 2. The maximum absolute atomic E-state index is 14.0. The van der Waals surface area contributed by atoms with Gasteiger partial charge in [-0.3, -0.25) is 10.1 Å². The minimum atomic E-state index is -4.47. The molecule has 3 rings (SSSR count). The first kappa shape index (κ1) is 25.6. The van der Waals surface area contributed by atoms with Crippen molar-refractivity contribution in [3.63, 3.8) is 0 Å². The quantitative estimate of drug-likeness (QED) is 0.403. The van der Waals surface area contributed by atoms with Crippen molar-refractivity contribution in [3.05, 3.63) is 70.5 Å². The molecule has 3 N–H and O–H groups in total. The molecule has 2 aromatic rings. The van der Waals surface area contributed by atoms with Crippen LogP contribution in [0.1, 0.15) is 59.8 Å². The molecular formula is C24H29F4N5O. The predicted molar refractivity (Wildman–Crippen MR) is 122 cm³/mol. The largest absolute Gasteiger partial charge is 0.416 e. The van der Waals surface area contributed by atoms with Gasteiger partial charge in [-0.2, -0.15) is 13.2 Å². The molecule has 0 aliphatic carbocycles. The fourth-order valence-electron chi connectivity index (χ4n) is 3.45. The van der Waals surface area contributed by atoms with E-state index in [1.807, 2.05) is 19.9 Å². The molecule has 1 amide bonds. The Balaban J connectivity index is 1.78. The molecule has 0 aromatic heterocycles. The second-order valence-electron chi connectivity index (χ2n) is 8.45. The SMILES string of the molecule is CCC(C)NC(N=C1CC(c2ccc(C)c(F)c2)NN1)N(C)C(=O)c1ccc(C(F)(F)F)cc1. The Morgan fingerprint density at radius 2 is 1.91 bits per heavy atom. The van der Waals surface area contributed by atoms with Crippen molar-refractivity contribution in [2.45, 2.75) is 58.2 Å². The van der Waals surface area contributed by atoms with Gasteiger partial charge in [-0.05, 0) is 61.7 Å². The molecule has 1 aliphatic heterocycles. The highest BCUT2D eigenvalue weighted by Gasteiger charge is 2.31. The van der Waals surface area contributed by atoms with Crippen LogP contribution in [-0.2, 0) is 6.18 Å². The average molecular weight is 480 g/mol. The number of halogens is 4. The number of alkyl halides is 3. The molecule has 0 spiro atoms. The van der Waals surface area contributed by atoms with Crippen LogP contribution in [-0.4, -0.2) is 36.0 Å². The van der Waals surface area contributed by atoms with Crippen LogP contribution in [0.5, 0.6) is 0 Å². The van der Waals surface area contributed by atoms with Gasteiger partial charge < -0.3 is 10.3 Å². The fourth-order valence-corrected chi connectivity index (χ4v) is 3.45. The van der Waals surface area contributed by atoms with Crippen molar-refractivity contribution in [3.8, 4) is 0 Å². The smallest absolute Gasteiger partial charge is 0.309 e. The molecule has 3 atom stereocenters. The Bertz CT molecular complexity index is 1040. The summed E-state index contributed by atoms with van der Waals surface area (Å²) in [6, 6.07) is 8.95. The standard InChI is InChI=1S/C24H29F4N5O/c1-5-15(3)29-23(33(4)22(34)16-8-10-18(11-9-16)24(26,27)28)30-21-13-20(31-32-21)17-7-6-14(2)19(25)12-17/h6-12,15,20,23,29,31H,5,13H2,1-4H3,(H,30,32). The molecule has 34 heavy (non-hydrogen) atoms. The molecular weight excluding hydrogens is 450 g/mol. The van der Waals surface area contributed by atoms with Crippen molar-refractivity contribution < 1.29 is 22.4 Å². The third-order valence-corrected chi connectivity index (χ3v) is 5.86. The van der Waals surface area contributed by atoms with Crippen molar-refractivity contribution in [2.24, 2.45) is 4.99 Å². The van der Waals surface area contributed by atoms with Gasteiger partial charge in [-0.1, -0.05) is 19.1 Å². The van der Waals surface area contributed by atoms with E-state index in [-0.39, 0.29) is 23.5 Å². The predicted octanol–water partition coefficient (Wildman–Crippen LogP) is 4.53. The van der Waals surface area contributed by atoms with Crippen LogP contribution < -0.4 is 16.2 Å². The highest BCUT2D eigenvalue weighted by atomic mass is 19.4. The summed E-state index contributed by atoms with van der Waals surface area (Å²) in [5.41, 5.74) is 6.70. The second-order valence-corrected chi connectivity index (χ2v) is 8.45. The molecule has 0 radical (unpaired) electrons. The Labute approximate surface area is 196 Å². The lowest BCUT2D eigenvalue weighted by Gasteiger charge is -2.29. The number of amides is 1. The second kappa shape index (κ2) is 10.5. The minimum absolute atomic E-state index is 0.0218. The number of hydrogen-bond donors (Lipinski definition) is 3. The van der Waals surface area contributed by atoms with E-state index in [1.54, 1.807) is 20.0 Å². The monoisotopic (exact) mass is 479 g/mol. The number of rotatable bonds is 7. The van der Waals surface area contributed by atoms with Gasteiger partial charge in [0.1, 0.15) is 11.7 Å². The molecule has 6 nitrogen and oxygen atoms in total. The molecule has 1 fully saturated rings. The summed E-state index contributed by atoms with van der Waals surface area (Å²) in [5, 5.41) is 3.26. The van der Waals surface area contributed by atoms with Gasteiger partial charge in [0, 0.05) is 25.1 Å². The first-order valence-corrected chi connectivity index (χ1v) is 11.0. The molecule has 1 heterocycles. The topological polar surface area (TPSA) is 68.8 Å². The molecule has 10 heteroatoms. The maximum atomic E-state index is 14.0. The van der Waals surface area contributed by atoms with Crippen LogP contribution in [0.25, 0.3) is 0 Å². The maximum Gasteiger partial charge on any atom is 0.416 e. The lowest BCUT2D eigenvalue weighted by Crippen LogP contribution is -2.49. The number of aliphatic imine (C=N–C) groups is 1. The van der Waals surface area contributed by atoms with E-state index in [9.17, 15) is 22.4 Å². The van der Waals surface area contributed by atoms with Crippen molar-refractivity contribution >= 4 is 11.7 Å². The number of carbonyl (C=O) groups is 1. The van der Waals surface area contributed by atoms with E-state index in [0.717, 1.165) is 36.2 Å². The van der Waals surface area contributed by atoms with E-state index >= 15 is 0 Å². The minimum Gasteiger partial charge on any atom is -0.309 e. The Hall–Kier alpha value is -2.98. The highest BCUT2D eigenvalue weighted by Crippen LogP contribution is 2.29. The molecule has 0 saturated carbocycles. The lowest BCUT2D eigenvalue weighted by molar-refractivity contribution is -0.137. The highest BCUT2D eigenvalue weighted by molar-refractivity contribution is 5.94. The number of nitrogens with one attached hydrogen (secondary N) is 3. The summed E-state index contributed by atoms with van der Waals surface area (Å²) < 4.78 is 52.5. The molecule has 184 valence electrons. The first-order chi connectivity index (χ1) is 16.0. The zero-order valence-electron chi connectivity index (χ0n) is 19.5. The third-order valence-electron chi connectivity index (χ3n) is 5.86. The Morgan fingerprint density at radius 1 is 1.24 bits per heavy atom. The Morgan fingerprint density at radius 3 is 2.50 bits per heavy atom. The number of benzene rings is 2. The van der Waals surface area contributed by atoms with Gasteiger partial charge in [0.05, 0.1) is 11.6 Å². The number of aryl methyl sites for hydroxylation is 1. The van der Waals surface area contributed by atoms with Gasteiger partial charge in [-0.15, -0.1) is 0 Å². The van der Waals surface area contributed by atoms with E-state index in [4.69, 9.17) is 0 Å². The van der Waals surface area contributed by atoms with Crippen LogP contribution in [0.3, 0.4) is 0 Å². The summed E-state index contributed by atoms with van der Waals surface area (Å²) in [6.45, 7) is 5.62. The van der Waals surface area contributed by atoms with E-state index in [0.29, 0.717) is 17.8 Å². The molecule has 1 aliphatic rings. The lowest BCUT2D eigenvalue weighted by atomic mass is 10.0. The van der Waals surface area contributed by atoms with Gasteiger partial charge in [-0.25, -0.2) is 14.8 Å². The molecule has 2 aromatic carbocycles. The van der Waals surface area contributed by atoms with Crippen LogP contribution >= 0.6 is 0 Å². The summed E-state index contributed by atoms with van der Waals surface area (Å²) in [5.74, 6) is -0.191. The van der Waals surface area contributed by atoms with E-state index in [2.05, 4.69) is 21.2 Å². The summed E-state index contributed by atoms with van der Waals surface area (Å²) in [4.78, 5) is 19.0. The van der Waals surface area contributed by atoms with Gasteiger partial charge >= 0.3 is 6.18 Å². The van der Waals surface area contributed by atoms with Crippen LogP contribution in [0.4, 0.5) is 17.6 Å². The normalized spacial score (nSPS) is 19.1. The van der Waals surface area contributed by atoms with Crippen LogP contribution in [0.2, 0.25) is 0 Å². The number of hydrogen-bond acceptors (Lipinski definition) is 4. The molecule has 3 unspecified atom stereocenters. The zero-order valence-corrected chi connectivity index (χ0v) is 19.5. The summed E-state index contributed by atoms with van der Waals surface area (Å²) >= 11 is 0. The zero-order chi connectivity index (χ0) is 25.0. The van der Waals surface area contributed by atoms with Gasteiger partial charge in [0.25, 0.3) is 5.91 Å². The van der Waals surface area contributed by atoms with E-state index in [1.165, 1.54) is 11.0 Å². The van der Waals surface area contributed by atoms with Crippen LogP contribution in [0, 0.1) is 12.7 Å².